The zero-order valence-corrected chi connectivity index (χ0v) is 14.5. The molecule has 0 unspecified atom stereocenters. The van der Waals surface area contributed by atoms with Gasteiger partial charge < -0.3 is 0 Å². The molecule has 1 heterocycles. The van der Waals surface area contributed by atoms with E-state index in [1.807, 2.05) is 53.1 Å². The second kappa shape index (κ2) is 8.44. The topological polar surface area (TPSA) is 30.7 Å². The Morgan fingerprint density at radius 3 is 2.48 bits per heavy atom. The average Bonchev–Trinajstić information content (AvgIpc) is 3.03. The molecule has 3 aromatic rings. The molecular weight excluding hydrogens is 333 g/mol. The minimum absolute atomic E-state index is 0.225. The molecule has 0 fully saturated rings. The molecule has 0 saturated carbocycles. The van der Waals surface area contributed by atoms with Gasteiger partial charge >= 0.3 is 0 Å². The van der Waals surface area contributed by atoms with Crippen molar-refractivity contribution in [3.8, 4) is 0 Å². The summed E-state index contributed by atoms with van der Waals surface area (Å²) in [6.07, 6.45) is 5.79. The van der Waals surface area contributed by atoms with Crippen LogP contribution in [-0.2, 0) is 12.3 Å². The smallest absolute Gasteiger partial charge is 0.192 e. The molecule has 0 aliphatic heterocycles. The van der Waals surface area contributed by atoms with Crippen LogP contribution in [-0.4, -0.2) is 14.8 Å². The van der Waals surface area contributed by atoms with Crippen molar-refractivity contribution in [2.75, 3.05) is 0 Å². The van der Waals surface area contributed by atoms with Crippen molar-refractivity contribution < 1.29 is 4.39 Å². The molecule has 0 aliphatic rings. The van der Waals surface area contributed by atoms with Gasteiger partial charge in [-0.25, -0.2) is 4.39 Å². The van der Waals surface area contributed by atoms with Crippen LogP contribution in [0, 0.1) is 5.82 Å². The first-order valence-corrected chi connectivity index (χ1v) is 8.89. The van der Waals surface area contributed by atoms with Crippen LogP contribution >= 0.6 is 11.8 Å². The van der Waals surface area contributed by atoms with Gasteiger partial charge in [-0.1, -0.05) is 66.4 Å². The Bertz CT molecular complexity index is 854. The highest BCUT2D eigenvalue weighted by Gasteiger charge is 2.10. The number of halogens is 1. The Balaban J connectivity index is 1.75. The van der Waals surface area contributed by atoms with E-state index in [-0.39, 0.29) is 5.82 Å². The number of benzene rings is 2. The van der Waals surface area contributed by atoms with Gasteiger partial charge in [0.15, 0.2) is 11.0 Å². The van der Waals surface area contributed by atoms with E-state index in [1.165, 1.54) is 12.1 Å². The first-order valence-electron chi connectivity index (χ1n) is 7.91. The third-order valence-corrected chi connectivity index (χ3v) is 4.60. The lowest BCUT2D eigenvalue weighted by molar-refractivity contribution is 0.627. The van der Waals surface area contributed by atoms with E-state index in [1.54, 1.807) is 23.9 Å². The van der Waals surface area contributed by atoms with E-state index in [0.29, 0.717) is 12.3 Å². The van der Waals surface area contributed by atoms with Crippen LogP contribution < -0.4 is 0 Å². The van der Waals surface area contributed by atoms with Gasteiger partial charge in [0.2, 0.25) is 0 Å². The Labute approximate surface area is 150 Å². The van der Waals surface area contributed by atoms with Gasteiger partial charge in [-0.2, -0.15) is 0 Å². The van der Waals surface area contributed by atoms with Crippen molar-refractivity contribution >= 4 is 23.9 Å². The fraction of sp³-hybridized carbons (Fsp3) is 0.100. The molecule has 0 amide bonds. The molecule has 0 saturated heterocycles. The summed E-state index contributed by atoms with van der Waals surface area (Å²) < 4.78 is 15.0. The number of allylic oxidation sites excluding steroid dienone is 1. The lowest BCUT2D eigenvalue weighted by Crippen LogP contribution is -2.00. The zero-order chi connectivity index (χ0) is 17.5. The molecule has 0 radical (unpaired) electrons. The Morgan fingerprint density at radius 2 is 1.76 bits per heavy atom. The second-order valence-corrected chi connectivity index (χ2v) is 6.34. The van der Waals surface area contributed by atoms with E-state index in [9.17, 15) is 4.39 Å². The monoisotopic (exact) mass is 351 g/mol. The molecule has 1 aromatic heterocycles. The lowest BCUT2D eigenvalue weighted by Gasteiger charge is -2.05. The highest BCUT2D eigenvalue weighted by molar-refractivity contribution is 7.98. The predicted octanol–water partition coefficient (Wildman–Crippen LogP) is 5.07. The third-order valence-electron chi connectivity index (χ3n) is 3.56. The number of hydrogen-bond acceptors (Lipinski definition) is 3. The Morgan fingerprint density at radius 1 is 1.00 bits per heavy atom. The van der Waals surface area contributed by atoms with Gasteiger partial charge in [0.1, 0.15) is 5.82 Å². The molecule has 5 heteroatoms. The molecule has 0 bridgehead atoms. The number of rotatable bonds is 7. The van der Waals surface area contributed by atoms with E-state index >= 15 is 0 Å². The summed E-state index contributed by atoms with van der Waals surface area (Å²) >= 11 is 1.57. The molecule has 0 N–H and O–H groups in total. The minimum Gasteiger partial charge on any atom is -0.299 e. The zero-order valence-electron chi connectivity index (χ0n) is 13.7. The van der Waals surface area contributed by atoms with Crippen molar-refractivity contribution in [2.45, 2.75) is 17.5 Å². The highest BCUT2D eigenvalue weighted by Crippen LogP contribution is 2.23. The molecule has 0 spiro atoms. The molecule has 126 valence electrons. The molecule has 0 atom stereocenters. The SMILES string of the molecule is C=CCn1c(C=Cc2ccccc2)nnc1SCc1ccc(F)cc1. The van der Waals surface area contributed by atoms with Crippen LogP contribution in [0.5, 0.6) is 0 Å². The van der Waals surface area contributed by atoms with Gasteiger partial charge in [-0.3, -0.25) is 4.57 Å². The largest absolute Gasteiger partial charge is 0.299 e. The summed E-state index contributed by atoms with van der Waals surface area (Å²) in [4.78, 5) is 0. The van der Waals surface area contributed by atoms with Crippen molar-refractivity contribution in [3.63, 3.8) is 0 Å². The quantitative estimate of drug-likeness (QED) is 0.440. The van der Waals surface area contributed by atoms with Gasteiger partial charge in [-0.05, 0) is 29.3 Å². The first-order chi connectivity index (χ1) is 12.3. The molecule has 3 rings (SSSR count). The standard InChI is InChI=1S/C20H18FN3S/c1-2-14-24-19(13-10-16-6-4-3-5-7-16)22-23-20(24)25-15-17-8-11-18(21)12-9-17/h2-13H,1,14-15H2. The summed E-state index contributed by atoms with van der Waals surface area (Å²) in [7, 11) is 0. The number of aromatic nitrogens is 3. The van der Waals surface area contributed by atoms with Crippen LogP contribution in [0.1, 0.15) is 17.0 Å². The maximum atomic E-state index is 13.0. The van der Waals surface area contributed by atoms with Crippen molar-refractivity contribution in [1.82, 2.24) is 14.8 Å². The van der Waals surface area contributed by atoms with Crippen molar-refractivity contribution in [1.29, 1.82) is 0 Å². The van der Waals surface area contributed by atoms with Crippen LogP contribution in [0.2, 0.25) is 0 Å². The molecule has 2 aromatic carbocycles. The predicted molar refractivity (Wildman–Crippen MR) is 102 cm³/mol. The molecule has 25 heavy (non-hydrogen) atoms. The summed E-state index contributed by atoms with van der Waals surface area (Å²) in [5, 5.41) is 9.37. The van der Waals surface area contributed by atoms with E-state index in [4.69, 9.17) is 0 Å². The van der Waals surface area contributed by atoms with Crippen LogP contribution in [0.25, 0.3) is 12.2 Å². The Hall–Kier alpha value is -2.66. The maximum absolute atomic E-state index is 13.0. The number of thioether (sulfide) groups is 1. The van der Waals surface area contributed by atoms with Gasteiger partial charge in [0, 0.05) is 12.3 Å². The first kappa shape index (κ1) is 17.2. The average molecular weight is 351 g/mol. The second-order valence-electron chi connectivity index (χ2n) is 5.40. The van der Waals surface area contributed by atoms with Gasteiger partial charge in [-0.15, -0.1) is 16.8 Å². The summed E-state index contributed by atoms with van der Waals surface area (Å²) in [6, 6.07) is 16.6. The van der Waals surface area contributed by atoms with Crippen LogP contribution in [0.15, 0.2) is 72.4 Å². The van der Waals surface area contributed by atoms with Gasteiger partial charge in [0.05, 0.1) is 0 Å². The minimum atomic E-state index is -0.225. The van der Waals surface area contributed by atoms with Crippen LogP contribution in [0.4, 0.5) is 4.39 Å². The Kier molecular flexibility index (Phi) is 5.80. The fourth-order valence-corrected chi connectivity index (χ4v) is 3.20. The number of hydrogen-bond donors (Lipinski definition) is 0. The van der Waals surface area contributed by atoms with Crippen molar-refractivity contribution in [2.24, 2.45) is 0 Å². The number of nitrogens with zero attached hydrogens (tertiary/aromatic N) is 3. The molecule has 0 aliphatic carbocycles. The van der Waals surface area contributed by atoms with Gasteiger partial charge in [0.25, 0.3) is 0 Å². The maximum Gasteiger partial charge on any atom is 0.192 e. The van der Waals surface area contributed by atoms with E-state index in [2.05, 4.69) is 16.8 Å². The summed E-state index contributed by atoms with van der Waals surface area (Å²) in [5.74, 6) is 1.26. The summed E-state index contributed by atoms with van der Waals surface area (Å²) in [5.41, 5.74) is 2.15. The van der Waals surface area contributed by atoms with E-state index < -0.39 is 0 Å². The lowest BCUT2D eigenvalue weighted by atomic mass is 10.2. The highest BCUT2D eigenvalue weighted by atomic mass is 32.2. The third kappa shape index (κ3) is 4.67. The fourth-order valence-electron chi connectivity index (χ4n) is 2.29. The van der Waals surface area contributed by atoms with Crippen molar-refractivity contribution in [3.05, 3.63) is 90.0 Å². The summed E-state index contributed by atoms with van der Waals surface area (Å²) in [6.45, 7) is 4.44. The van der Waals surface area contributed by atoms with Crippen LogP contribution in [0.3, 0.4) is 0 Å². The molecular formula is C20H18FN3S. The van der Waals surface area contributed by atoms with E-state index in [0.717, 1.165) is 22.1 Å². The molecule has 3 nitrogen and oxygen atoms in total. The normalized spacial score (nSPS) is 11.1.